The number of carbonyl (C=O) groups is 2. The number of hydrogen-bond acceptors (Lipinski definition) is 4. The molecule has 0 spiro atoms. The lowest BCUT2D eigenvalue weighted by atomic mass is 10.1. The van der Waals surface area contributed by atoms with Gasteiger partial charge in [-0.25, -0.2) is 4.79 Å². The van der Waals surface area contributed by atoms with Gasteiger partial charge in [-0.05, 0) is 68.3 Å². The minimum Gasteiger partial charge on any atom is -0.465 e. The van der Waals surface area contributed by atoms with Gasteiger partial charge in [-0.15, -0.1) is 0 Å². The molecule has 2 aromatic carbocycles. The van der Waals surface area contributed by atoms with E-state index in [1.165, 1.54) is 7.11 Å². The van der Waals surface area contributed by atoms with Gasteiger partial charge in [0.2, 0.25) is 0 Å². The number of ether oxygens (including phenoxy) is 1. The van der Waals surface area contributed by atoms with Crippen molar-refractivity contribution in [1.29, 1.82) is 5.26 Å². The number of esters is 1. The number of nitrogens with zero attached hydrogens (tertiary/aromatic N) is 2. The van der Waals surface area contributed by atoms with Crippen LogP contribution in [0.5, 0.6) is 0 Å². The number of rotatable bonds is 5. The Kier molecular flexibility index (Phi) is 6.37. The van der Waals surface area contributed by atoms with Gasteiger partial charge in [-0.2, -0.15) is 5.26 Å². The third-order valence-electron chi connectivity index (χ3n) is 5.12. The summed E-state index contributed by atoms with van der Waals surface area (Å²) in [4.78, 5) is 24.6. The van der Waals surface area contributed by atoms with Crippen LogP contribution in [0.15, 0.2) is 60.2 Å². The molecule has 6 heteroatoms. The Morgan fingerprint density at radius 1 is 1.06 bits per heavy atom. The van der Waals surface area contributed by atoms with Crippen molar-refractivity contribution in [3.05, 3.63) is 88.2 Å². The summed E-state index contributed by atoms with van der Waals surface area (Å²) in [6.45, 7) is 5.71. The van der Waals surface area contributed by atoms with Crippen LogP contribution in [-0.4, -0.2) is 23.6 Å². The first kappa shape index (κ1) is 21.6. The zero-order valence-corrected chi connectivity index (χ0v) is 17.9. The molecule has 1 N–H and O–H groups in total. The molecule has 0 saturated heterocycles. The van der Waals surface area contributed by atoms with Crippen molar-refractivity contribution < 1.29 is 14.3 Å². The molecule has 0 fully saturated rings. The fourth-order valence-electron chi connectivity index (χ4n) is 3.53. The largest absolute Gasteiger partial charge is 0.465 e. The van der Waals surface area contributed by atoms with E-state index in [2.05, 4.69) is 5.32 Å². The average molecular weight is 413 g/mol. The fourth-order valence-corrected chi connectivity index (χ4v) is 3.53. The Labute approximate surface area is 181 Å². The summed E-state index contributed by atoms with van der Waals surface area (Å²) in [5, 5.41) is 12.3. The van der Waals surface area contributed by atoms with Crippen LogP contribution < -0.4 is 5.32 Å². The molecular formula is C25H23N3O3. The predicted molar refractivity (Wildman–Crippen MR) is 120 cm³/mol. The van der Waals surface area contributed by atoms with E-state index in [4.69, 9.17) is 4.74 Å². The van der Waals surface area contributed by atoms with Gasteiger partial charge in [0.15, 0.2) is 0 Å². The number of para-hydroxylation sites is 1. The van der Waals surface area contributed by atoms with Crippen molar-refractivity contribution in [2.75, 3.05) is 12.4 Å². The molecule has 0 aliphatic carbocycles. The molecule has 0 atom stereocenters. The fraction of sp³-hybridized carbons (Fsp3) is 0.160. The van der Waals surface area contributed by atoms with Crippen molar-refractivity contribution in [2.45, 2.75) is 20.8 Å². The number of amides is 1. The normalized spacial score (nSPS) is 11.0. The number of aromatic nitrogens is 1. The highest BCUT2D eigenvalue weighted by molar-refractivity contribution is 6.09. The average Bonchev–Trinajstić information content (AvgIpc) is 3.05. The smallest absolute Gasteiger partial charge is 0.338 e. The van der Waals surface area contributed by atoms with Gasteiger partial charge < -0.3 is 14.6 Å². The Morgan fingerprint density at radius 2 is 1.77 bits per heavy atom. The molecule has 0 unspecified atom stereocenters. The zero-order chi connectivity index (χ0) is 22.5. The molecule has 6 nitrogen and oxygen atoms in total. The molecule has 0 aliphatic heterocycles. The lowest BCUT2D eigenvalue weighted by Crippen LogP contribution is -2.13. The van der Waals surface area contributed by atoms with E-state index in [9.17, 15) is 14.9 Å². The van der Waals surface area contributed by atoms with Crippen LogP contribution in [0.25, 0.3) is 11.8 Å². The van der Waals surface area contributed by atoms with Crippen molar-refractivity contribution in [3.8, 4) is 11.8 Å². The van der Waals surface area contributed by atoms with E-state index in [1.807, 2.05) is 61.7 Å². The summed E-state index contributed by atoms with van der Waals surface area (Å²) in [7, 11) is 1.35. The molecule has 0 saturated carbocycles. The van der Waals surface area contributed by atoms with Crippen LogP contribution in [0, 0.1) is 32.1 Å². The van der Waals surface area contributed by atoms with Crippen LogP contribution in [0.1, 0.15) is 32.9 Å². The highest BCUT2D eigenvalue weighted by atomic mass is 16.5. The second-order valence-corrected chi connectivity index (χ2v) is 7.09. The molecule has 0 radical (unpaired) electrons. The summed E-state index contributed by atoms with van der Waals surface area (Å²) < 4.78 is 6.88. The number of nitriles is 1. The van der Waals surface area contributed by atoms with Gasteiger partial charge >= 0.3 is 5.97 Å². The van der Waals surface area contributed by atoms with Gasteiger partial charge in [-0.3, -0.25) is 4.79 Å². The van der Waals surface area contributed by atoms with Crippen molar-refractivity contribution >= 4 is 23.6 Å². The number of anilines is 1. The van der Waals surface area contributed by atoms with Gasteiger partial charge in [0.1, 0.15) is 11.6 Å². The van der Waals surface area contributed by atoms with E-state index in [0.29, 0.717) is 11.3 Å². The second-order valence-electron chi connectivity index (χ2n) is 7.09. The molecule has 1 amide bonds. The maximum absolute atomic E-state index is 12.6. The van der Waals surface area contributed by atoms with Crippen LogP contribution in [0.2, 0.25) is 0 Å². The van der Waals surface area contributed by atoms with Crippen LogP contribution >= 0.6 is 0 Å². The monoisotopic (exact) mass is 413 g/mol. The Morgan fingerprint density at radius 3 is 2.42 bits per heavy atom. The van der Waals surface area contributed by atoms with E-state index < -0.39 is 11.9 Å². The Hall–Kier alpha value is -4.11. The van der Waals surface area contributed by atoms with E-state index in [0.717, 1.165) is 28.2 Å². The summed E-state index contributed by atoms with van der Waals surface area (Å²) in [6.07, 6.45) is 1.58. The van der Waals surface area contributed by atoms with Crippen molar-refractivity contribution in [3.63, 3.8) is 0 Å². The van der Waals surface area contributed by atoms with Gasteiger partial charge in [0.05, 0.1) is 12.7 Å². The number of aryl methyl sites for hydroxylation is 1. The highest BCUT2D eigenvalue weighted by Gasteiger charge is 2.17. The first-order chi connectivity index (χ1) is 14.9. The standard InChI is InChI=1S/C25H23N3O3/c1-16-13-19(14-20(15-26)24(29)27-21-9-6-5-7-10-21)18(3)28(16)23-12-8-11-22(17(23)2)25(30)31-4/h5-14H,1-4H3,(H,27,29)/b20-14-. The molecule has 1 heterocycles. The summed E-state index contributed by atoms with van der Waals surface area (Å²) in [5.74, 6) is -0.867. The van der Waals surface area contributed by atoms with Crippen LogP contribution in [0.4, 0.5) is 5.69 Å². The molecule has 0 aliphatic rings. The van der Waals surface area contributed by atoms with Crippen molar-refractivity contribution in [2.24, 2.45) is 0 Å². The minimum absolute atomic E-state index is 0.00383. The molecular weight excluding hydrogens is 390 g/mol. The maximum Gasteiger partial charge on any atom is 0.338 e. The topological polar surface area (TPSA) is 84.1 Å². The molecule has 3 rings (SSSR count). The minimum atomic E-state index is -0.470. The zero-order valence-electron chi connectivity index (χ0n) is 17.9. The predicted octanol–water partition coefficient (Wildman–Crippen LogP) is 4.73. The van der Waals surface area contributed by atoms with E-state index >= 15 is 0 Å². The lowest BCUT2D eigenvalue weighted by Gasteiger charge is -2.15. The SMILES string of the molecule is COC(=O)c1cccc(-n2c(C)cc(/C=C(/C#N)C(=O)Nc3ccccc3)c2C)c1C. The van der Waals surface area contributed by atoms with Crippen molar-refractivity contribution in [1.82, 2.24) is 4.57 Å². The number of carbonyl (C=O) groups excluding carboxylic acids is 2. The second kappa shape index (κ2) is 9.14. The van der Waals surface area contributed by atoms with Gasteiger partial charge in [0, 0.05) is 22.8 Å². The van der Waals surface area contributed by atoms with E-state index in [1.54, 1.807) is 30.3 Å². The summed E-state index contributed by atoms with van der Waals surface area (Å²) in [5.41, 5.74) is 5.25. The Balaban J connectivity index is 2.01. The first-order valence-corrected chi connectivity index (χ1v) is 9.72. The quantitative estimate of drug-likeness (QED) is 0.372. The first-order valence-electron chi connectivity index (χ1n) is 9.72. The van der Waals surface area contributed by atoms with Gasteiger partial charge in [-0.1, -0.05) is 24.3 Å². The molecule has 0 bridgehead atoms. The Bertz CT molecular complexity index is 1210. The van der Waals surface area contributed by atoms with Gasteiger partial charge in [0.25, 0.3) is 5.91 Å². The lowest BCUT2D eigenvalue weighted by molar-refractivity contribution is -0.112. The molecule has 3 aromatic rings. The van der Waals surface area contributed by atoms with Crippen LogP contribution in [-0.2, 0) is 9.53 Å². The number of benzene rings is 2. The summed E-state index contributed by atoms with van der Waals surface area (Å²) >= 11 is 0. The molecule has 156 valence electrons. The molecule has 31 heavy (non-hydrogen) atoms. The van der Waals surface area contributed by atoms with Crippen LogP contribution in [0.3, 0.4) is 0 Å². The number of nitrogens with one attached hydrogen (secondary N) is 1. The molecule has 1 aromatic heterocycles. The summed E-state index contributed by atoms with van der Waals surface area (Å²) in [6, 6.07) is 18.3. The number of methoxy groups -OCH3 is 1. The highest BCUT2D eigenvalue weighted by Crippen LogP contribution is 2.27. The third kappa shape index (κ3) is 4.41. The maximum atomic E-state index is 12.6. The van der Waals surface area contributed by atoms with E-state index in [-0.39, 0.29) is 5.57 Å². The number of hydrogen-bond donors (Lipinski definition) is 1. The third-order valence-corrected chi connectivity index (χ3v) is 5.12.